The maximum Gasteiger partial charge on any atom is 0.354 e. The second kappa shape index (κ2) is 8.80. The van der Waals surface area contributed by atoms with E-state index in [-0.39, 0.29) is 17.3 Å². The van der Waals surface area contributed by atoms with E-state index in [4.69, 9.17) is 11.1 Å². The summed E-state index contributed by atoms with van der Waals surface area (Å²) in [4.78, 5) is 25.0. The van der Waals surface area contributed by atoms with Crippen LogP contribution in [0.25, 0.3) is 11.1 Å². The van der Waals surface area contributed by atoms with Crippen LogP contribution >= 0.6 is 0 Å². The Balaban J connectivity index is 1.87. The normalized spacial score (nSPS) is 10.9. The van der Waals surface area contributed by atoms with E-state index in [0.29, 0.717) is 27.9 Å². The van der Waals surface area contributed by atoms with Crippen LogP contribution in [-0.4, -0.2) is 32.4 Å². The van der Waals surface area contributed by atoms with Crippen molar-refractivity contribution in [1.82, 2.24) is 0 Å². The van der Waals surface area contributed by atoms with E-state index in [2.05, 4.69) is 9.50 Å². The number of nitrogen functional groups attached to an aromatic ring is 1. The summed E-state index contributed by atoms with van der Waals surface area (Å²) in [5, 5.41) is 10.2. The first kappa shape index (κ1) is 21.7. The molecule has 0 aromatic heterocycles. The van der Waals surface area contributed by atoms with Crippen molar-refractivity contribution in [3.05, 3.63) is 89.5 Å². The minimum absolute atomic E-state index is 0.0605. The third-order valence-electron chi connectivity index (χ3n) is 4.26. The van der Waals surface area contributed by atoms with E-state index >= 15 is 0 Å². The summed E-state index contributed by atoms with van der Waals surface area (Å²) < 4.78 is 27.1. The molecule has 1 amide bonds. The molecule has 31 heavy (non-hydrogen) atoms. The molecule has 8 nitrogen and oxygen atoms in total. The van der Waals surface area contributed by atoms with Gasteiger partial charge >= 0.3 is 16.1 Å². The van der Waals surface area contributed by atoms with Crippen LogP contribution in [0.15, 0.2) is 72.8 Å². The molecular weight excluding hydrogens is 418 g/mol. The van der Waals surface area contributed by atoms with Crippen LogP contribution in [0.5, 0.6) is 0 Å². The molecule has 0 saturated carbocycles. The maximum absolute atomic E-state index is 12.7. The molecular formula is C22H19N3O5S. The molecule has 0 bridgehead atoms. The fourth-order valence-corrected chi connectivity index (χ4v) is 3.22. The average molecular weight is 437 g/mol. The predicted octanol–water partition coefficient (Wildman–Crippen LogP) is 3.01. The third kappa shape index (κ3) is 5.55. The highest BCUT2D eigenvalue weighted by Gasteiger charge is 2.18. The molecule has 3 rings (SSSR count). The Labute approximate surface area is 179 Å². The van der Waals surface area contributed by atoms with Crippen LogP contribution in [0.4, 0.5) is 5.69 Å². The zero-order valence-electron chi connectivity index (χ0n) is 16.5. The molecule has 0 unspecified atom stereocenters. The van der Waals surface area contributed by atoms with Crippen molar-refractivity contribution in [2.75, 3.05) is 11.6 Å². The highest BCUT2D eigenvalue weighted by atomic mass is 32.2. The summed E-state index contributed by atoms with van der Waals surface area (Å²) in [7, 11) is -3.97. The quantitative estimate of drug-likeness (QED) is 0.308. The van der Waals surface area contributed by atoms with Crippen molar-refractivity contribution in [2.24, 2.45) is 5.73 Å². The summed E-state index contributed by atoms with van der Waals surface area (Å²) in [6.45, 7) is 0. The first-order chi connectivity index (χ1) is 14.6. The summed E-state index contributed by atoms with van der Waals surface area (Å²) in [6, 6.07) is 19.4. The standard InChI is InChI=1S/C22H19N3O5S/c1-31(28,29)30-22(27)19-8-3-2-7-18(19)15-5-4-6-16(13-15)21(26)25-17-11-9-14(10-12-17)20(23)24/h2-13H,1H3,(H3,23,24)(H,25,26). The third-order valence-corrected chi connectivity index (χ3v) is 4.72. The van der Waals surface area contributed by atoms with Gasteiger partial charge in [0.15, 0.2) is 0 Å². The summed E-state index contributed by atoms with van der Waals surface area (Å²) in [6.07, 6.45) is 0.793. The second-order valence-electron chi connectivity index (χ2n) is 6.65. The Bertz CT molecular complexity index is 1270. The number of nitrogens with one attached hydrogen (secondary N) is 2. The average Bonchev–Trinajstić information content (AvgIpc) is 2.73. The van der Waals surface area contributed by atoms with Crippen molar-refractivity contribution in [3.8, 4) is 11.1 Å². The fourth-order valence-electron chi connectivity index (χ4n) is 2.86. The van der Waals surface area contributed by atoms with Gasteiger partial charge in [-0.25, -0.2) is 4.79 Å². The minimum Gasteiger partial charge on any atom is -0.384 e. The van der Waals surface area contributed by atoms with Crippen molar-refractivity contribution in [1.29, 1.82) is 5.41 Å². The van der Waals surface area contributed by atoms with E-state index in [1.165, 1.54) is 6.07 Å². The van der Waals surface area contributed by atoms with E-state index < -0.39 is 16.1 Å². The Morgan fingerprint density at radius 1 is 0.935 bits per heavy atom. The lowest BCUT2D eigenvalue weighted by Gasteiger charge is -2.11. The van der Waals surface area contributed by atoms with Gasteiger partial charge in [-0.3, -0.25) is 10.2 Å². The number of rotatable bonds is 6. The molecule has 158 valence electrons. The van der Waals surface area contributed by atoms with Gasteiger partial charge in [0.25, 0.3) is 5.91 Å². The van der Waals surface area contributed by atoms with Gasteiger partial charge in [-0.05, 0) is 53.6 Å². The van der Waals surface area contributed by atoms with Crippen LogP contribution in [0.1, 0.15) is 26.3 Å². The van der Waals surface area contributed by atoms with Gasteiger partial charge < -0.3 is 15.2 Å². The second-order valence-corrected chi connectivity index (χ2v) is 8.22. The predicted molar refractivity (Wildman–Crippen MR) is 118 cm³/mol. The Kier molecular flexibility index (Phi) is 6.17. The summed E-state index contributed by atoms with van der Waals surface area (Å²) >= 11 is 0. The minimum atomic E-state index is -3.97. The van der Waals surface area contributed by atoms with Crippen LogP contribution in [0, 0.1) is 5.41 Å². The zero-order chi connectivity index (χ0) is 22.6. The molecule has 0 heterocycles. The van der Waals surface area contributed by atoms with Gasteiger partial charge in [0.05, 0.1) is 11.8 Å². The number of benzene rings is 3. The van der Waals surface area contributed by atoms with E-state index in [1.54, 1.807) is 66.7 Å². The highest BCUT2D eigenvalue weighted by molar-refractivity contribution is 7.86. The van der Waals surface area contributed by atoms with Crippen molar-refractivity contribution < 1.29 is 22.2 Å². The molecule has 0 fully saturated rings. The van der Waals surface area contributed by atoms with Gasteiger partial charge in [0.1, 0.15) is 5.84 Å². The monoisotopic (exact) mass is 437 g/mol. The van der Waals surface area contributed by atoms with Crippen molar-refractivity contribution in [3.63, 3.8) is 0 Å². The molecule has 4 N–H and O–H groups in total. The zero-order valence-corrected chi connectivity index (χ0v) is 17.3. The Morgan fingerprint density at radius 3 is 2.26 bits per heavy atom. The van der Waals surface area contributed by atoms with Crippen LogP contribution in [-0.2, 0) is 14.3 Å². The smallest absolute Gasteiger partial charge is 0.354 e. The number of nitrogens with two attached hydrogens (primary N) is 1. The number of carbonyl (C=O) groups is 2. The molecule has 0 aliphatic carbocycles. The highest BCUT2D eigenvalue weighted by Crippen LogP contribution is 2.26. The molecule has 9 heteroatoms. The lowest BCUT2D eigenvalue weighted by Crippen LogP contribution is -2.14. The van der Waals surface area contributed by atoms with Crippen molar-refractivity contribution >= 4 is 33.5 Å². The summed E-state index contributed by atoms with van der Waals surface area (Å²) in [5.41, 5.74) is 7.85. The van der Waals surface area contributed by atoms with Gasteiger partial charge in [-0.1, -0.05) is 30.3 Å². The summed E-state index contributed by atoms with van der Waals surface area (Å²) in [5.74, 6) is -1.45. The lowest BCUT2D eigenvalue weighted by atomic mass is 9.98. The molecule has 0 spiro atoms. The Morgan fingerprint density at radius 2 is 1.61 bits per heavy atom. The number of anilines is 1. The molecule has 3 aromatic carbocycles. The van der Waals surface area contributed by atoms with Crippen LogP contribution in [0.3, 0.4) is 0 Å². The van der Waals surface area contributed by atoms with Gasteiger partial charge in [-0.2, -0.15) is 8.42 Å². The largest absolute Gasteiger partial charge is 0.384 e. The molecule has 0 radical (unpaired) electrons. The molecule has 0 aliphatic rings. The lowest BCUT2D eigenvalue weighted by molar-refractivity contribution is 0.0749. The molecule has 0 aliphatic heterocycles. The first-order valence-electron chi connectivity index (χ1n) is 9.03. The molecule has 3 aromatic rings. The van der Waals surface area contributed by atoms with E-state index in [0.717, 1.165) is 6.26 Å². The number of carbonyl (C=O) groups excluding carboxylic acids is 2. The van der Waals surface area contributed by atoms with Crippen LogP contribution < -0.4 is 11.1 Å². The number of amides is 1. The number of hydrogen-bond donors (Lipinski definition) is 3. The Hall–Kier alpha value is -3.98. The number of amidine groups is 1. The molecule has 0 atom stereocenters. The SMILES string of the molecule is CS(=O)(=O)OC(=O)c1ccccc1-c1cccc(C(=O)Nc2ccc(C(=N)N)cc2)c1. The van der Waals surface area contributed by atoms with Gasteiger partial charge in [0.2, 0.25) is 0 Å². The van der Waals surface area contributed by atoms with Crippen LogP contribution in [0.2, 0.25) is 0 Å². The van der Waals surface area contributed by atoms with E-state index in [1.807, 2.05) is 0 Å². The number of hydrogen-bond acceptors (Lipinski definition) is 6. The fraction of sp³-hybridized carbons (Fsp3) is 0.0455. The molecule has 0 saturated heterocycles. The maximum atomic E-state index is 12.7. The topological polar surface area (TPSA) is 139 Å². The first-order valence-corrected chi connectivity index (χ1v) is 10.8. The van der Waals surface area contributed by atoms with Crippen molar-refractivity contribution in [2.45, 2.75) is 0 Å². The van der Waals surface area contributed by atoms with E-state index in [9.17, 15) is 18.0 Å². The van der Waals surface area contributed by atoms with Gasteiger partial charge in [-0.15, -0.1) is 0 Å². The van der Waals surface area contributed by atoms with Gasteiger partial charge in [0, 0.05) is 16.8 Å².